The minimum atomic E-state index is 0.201. The third-order valence-electron chi connectivity index (χ3n) is 4.83. The number of carbonyl (C=O) groups excluding carboxylic acids is 2. The average Bonchev–Trinajstić information content (AvgIpc) is 3.06. The van der Waals surface area contributed by atoms with Gasteiger partial charge < -0.3 is 4.74 Å². The number of hydrogen-bond donors (Lipinski definition) is 0. The highest BCUT2D eigenvalue weighted by Crippen LogP contribution is 2.28. The highest BCUT2D eigenvalue weighted by atomic mass is 16.5. The molecule has 0 spiro atoms. The van der Waals surface area contributed by atoms with Gasteiger partial charge in [-0.15, -0.1) is 0 Å². The Labute approximate surface area is 149 Å². The Morgan fingerprint density at radius 2 is 1.42 bits per heavy atom. The molecule has 142 valence electrons. The third kappa shape index (κ3) is 12.7. The monoisotopic (exact) mass is 340 g/mol. The van der Waals surface area contributed by atoms with Gasteiger partial charge in [-0.2, -0.15) is 0 Å². The molecule has 0 radical (unpaired) electrons. The van der Waals surface area contributed by atoms with Gasteiger partial charge in [-0.25, -0.2) is 0 Å². The van der Waals surface area contributed by atoms with E-state index in [4.69, 9.17) is 4.74 Å². The van der Waals surface area contributed by atoms with Crippen LogP contribution in [0.4, 0.5) is 0 Å². The van der Waals surface area contributed by atoms with Crippen molar-refractivity contribution in [3.63, 3.8) is 0 Å². The van der Waals surface area contributed by atoms with Gasteiger partial charge in [0.1, 0.15) is 11.6 Å². The first kappa shape index (κ1) is 23.3. The van der Waals surface area contributed by atoms with Gasteiger partial charge in [0.15, 0.2) is 0 Å². The van der Waals surface area contributed by atoms with Crippen molar-refractivity contribution in [1.29, 1.82) is 0 Å². The van der Waals surface area contributed by atoms with E-state index in [2.05, 4.69) is 0 Å². The summed E-state index contributed by atoms with van der Waals surface area (Å²) < 4.78 is 4.91. The van der Waals surface area contributed by atoms with Crippen molar-refractivity contribution in [3.8, 4) is 0 Å². The molecule has 0 aromatic carbocycles. The molecule has 3 nitrogen and oxygen atoms in total. The van der Waals surface area contributed by atoms with Crippen molar-refractivity contribution >= 4 is 11.6 Å². The van der Waals surface area contributed by atoms with Gasteiger partial charge in [-0.1, -0.05) is 59.8 Å². The number of hydrogen-bond acceptors (Lipinski definition) is 3. The molecule has 1 saturated carbocycles. The first-order valence-electron chi connectivity index (χ1n) is 9.92. The third-order valence-corrected chi connectivity index (χ3v) is 4.83. The van der Waals surface area contributed by atoms with Crippen LogP contribution < -0.4 is 0 Å². The molecule has 0 unspecified atom stereocenters. The molecule has 1 fully saturated rings. The van der Waals surface area contributed by atoms with Crippen LogP contribution in [0.25, 0.3) is 0 Å². The fraction of sp³-hybridized carbons (Fsp3) is 0.905. The van der Waals surface area contributed by atoms with Crippen LogP contribution in [-0.4, -0.2) is 25.3 Å². The summed E-state index contributed by atoms with van der Waals surface area (Å²) in [6, 6.07) is 0. The highest BCUT2D eigenvalue weighted by molar-refractivity contribution is 5.80. The van der Waals surface area contributed by atoms with Crippen molar-refractivity contribution in [1.82, 2.24) is 0 Å². The predicted molar refractivity (Wildman–Crippen MR) is 101 cm³/mol. The molecule has 0 N–H and O–H groups in total. The van der Waals surface area contributed by atoms with E-state index in [1.807, 2.05) is 27.7 Å². The number of ketones is 2. The van der Waals surface area contributed by atoms with Crippen molar-refractivity contribution in [2.75, 3.05) is 13.7 Å². The largest absolute Gasteiger partial charge is 0.385 e. The second-order valence-electron chi connectivity index (χ2n) is 7.73. The minimum Gasteiger partial charge on any atom is -0.385 e. The maximum absolute atomic E-state index is 11.3. The lowest BCUT2D eigenvalue weighted by Gasteiger charge is -2.08. The molecule has 24 heavy (non-hydrogen) atoms. The Morgan fingerprint density at radius 1 is 0.875 bits per heavy atom. The Kier molecular flexibility index (Phi) is 14.2. The maximum atomic E-state index is 11.3. The molecule has 0 atom stereocenters. The molecular formula is C21H40O3. The summed E-state index contributed by atoms with van der Waals surface area (Å²) in [5.41, 5.74) is 0. The summed E-state index contributed by atoms with van der Waals surface area (Å²) in [6.45, 7) is 8.72. The molecule has 1 rings (SSSR count). The molecule has 0 heterocycles. The van der Waals surface area contributed by atoms with Crippen LogP contribution in [0.2, 0.25) is 0 Å². The summed E-state index contributed by atoms with van der Waals surface area (Å²) in [5, 5.41) is 0. The van der Waals surface area contributed by atoms with Gasteiger partial charge in [0, 0.05) is 38.4 Å². The van der Waals surface area contributed by atoms with Crippen LogP contribution in [0.3, 0.4) is 0 Å². The van der Waals surface area contributed by atoms with Gasteiger partial charge in [0.05, 0.1) is 0 Å². The quantitative estimate of drug-likeness (QED) is 0.460. The van der Waals surface area contributed by atoms with Crippen LogP contribution in [-0.2, 0) is 14.3 Å². The van der Waals surface area contributed by atoms with Gasteiger partial charge in [0.2, 0.25) is 0 Å². The van der Waals surface area contributed by atoms with Crippen LogP contribution in [0.15, 0.2) is 0 Å². The Morgan fingerprint density at radius 3 is 1.92 bits per heavy atom. The van der Waals surface area contributed by atoms with Crippen molar-refractivity contribution in [3.05, 3.63) is 0 Å². The molecule has 0 amide bonds. The summed E-state index contributed by atoms with van der Waals surface area (Å²) in [6.07, 6.45) is 11.4. The molecule has 0 saturated heterocycles. The second-order valence-corrected chi connectivity index (χ2v) is 7.73. The second kappa shape index (κ2) is 14.6. The molecule has 1 aliphatic rings. The number of rotatable bonds is 11. The van der Waals surface area contributed by atoms with E-state index in [-0.39, 0.29) is 11.8 Å². The molecule has 0 bridgehead atoms. The highest BCUT2D eigenvalue weighted by Gasteiger charge is 2.16. The smallest absolute Gasteiger partial charge is 0.135 e. The number of ether oxygens (including phenoxy) is 1. The molecule has 1 aliphatic carbocycles. The Bertz CT molecular complexity index is 328. The lowest BCUT2D eigenvalue weighted by Crippen LogP contribution is -2.08. The van der Waals surface area contributed by atoms with Gasteiger partial charge in [0.25, 0.3) is 0 Å². The lowest BCUT2D eigenvalue weighted by atomic mass is 9.96. The van der Waals surface area contributed by atoms with Crippen LogP contribution >= 0.6 is 0 Å². The summed E-state index contributed by atoms with van der Waals surface area (Å²) >= 11 is 0. The molecule has 3 heteroatoms. The van der Waals surface area contributed by atoms with Crippen molar-refractivity contribution < 1.29 is 14.3 Å². The van der Waals surface area contributed by atoms with Gasteiger partial charge in [-0.05, 0) is 25.2 Å². The van der Waals surface area contributed by atoms with E-state index in [0.717, 1.165) is 51.0 Å². The van der Waals surface area contributed by atoms with Crippen molar-refractivity contribution in [2.45, 2.75) is 91.9 Å². The fourth-order valence-electron chi connectivity index (χ4n) is 2.95. The van der Waals surface area contributed by atoms with E-state index in [1.54, 1.807) is 7.11 Å². The lowest BCUT2D eigenvalue weighted by molar-refractivity contribution is -0.122. The minimum absolute atomic E-state index is 0.201. The Balaban J connectivity index is 0.000000441. The molecular weight excluding hydrogens is 300 g/mol. The first-order chi connectivity index (χ1) is 11.4. The van der Waals surface area contributed by atoms with E-state index < -0.39 is 0 Å². The topological polar surface area (TPSA) is 43.4 Å². The molecule has 0 aromatic rings. The maximum Gasteiger partial charge on any atom is 0.135 e. The molecule has 0 aromatic heterocycles. The zero-order chi connectivity index (χ0) is 18.4. The number of methoxy groups -OCH3 is 1. The predicted octanol–water partition coefficient (Wildman–Crippen LogP) is 5.60. The normalized spacial score (nSPS) is 14.8. The van der Waals surface area contributed by atoms with Crippen LogP contribution in [0.1, 0.15) is 91.9 Å². The van der Waals surface area contributed by atoms with E-state index in [0.29, 0.717) is 11.6 Å². The number of carbonyl (C=O) groups is 2. The zero-order valence-corrected chi connectivity index (χ0v) is 16.7. The van der Waals surface area contributed by atoms with Crippen LogP contribution in [0.5, 0.6) is 0 Å². The van der Waals surface area contributed by atoms with E-state index in [9.17, 15) is 9.59 Å². The summed E-state index contributed by atoms with van der Waals surface area (Å²) in [5.74, 6) is 2.14. The fourth-order valence-corrected chi connectivity index (χ4v) is 2.95. The number of Topliss-reactive ketones (excluding diaryl/α,β-unsaturated/α-hetero) is 2. The van der Waals surface area contributed by atoms with E-state index >= 15 is 0 Å². The standard InChI is InChI=1S/C11H20O.C10H20O2/c1-9(2)11(12)8-7-10-5-3-4-6-10;1-9(2)10(11)7-5-4-6-8-12-3/h9-10H,3-8H2,1-2H3;9H,4-8H2,1-3H3. The summed E-state index contributed by atoms with van der Waals surface area (Å²) in [4.78, 5) is 22.4. The first-order valence-corrected chi connectivity index (χ1v) is 9.92. The Hall–Kier alpha value is -0.700. The summed E-state index contributed by atoms with van der Waals surface area (Å²) in [7, 11) is 1.71. The zero-order valence-electron chi connectivity index (χ0n) is 16.7. The van der Waals surface area contributed by atoms with Crippen LogP contribution in [0, 0.1) is 17.8 Å². The van der Waals surface area contributed by atoms with E-state index in [1.165, 1.54) is 25.7 Å². The van der Waals surface area contributed by atoms with Crippen molar-refractivity contribution in [2.24, 2.45) is 17.8 Å². The van der Waals surface area contributed by atoms with Gasteiger partial charge >= 0.3 is 0 Å². The van der Waals surface area contributed by atoms with Gasteiger partial charge in [-0.3, -0.25) is 9.59 Å². The average molecular weight is 341 g/mol. The molecule has 0 aliphatic heterocycles. The number of unbranched alkanes of at least 4 members (excludes halogenated alkanes) is 2. The SMILES string of the molecule is CC(C)C(=O)CCC1CCCC1.COCCCCCC(=O)C(C)C.